The molecular formula is C24H30ClN3O4S. The van der Waals surface area contributed by atoms with E-state index < -0.39 is 5.54 Å². The van der Waals surface area contributed by atoms with Crippen molar-refractivity contribution in [3.05, 3.63) is 56.4 Å². The molecule has 0 radical (unpaired) electrons. The van der Waals surface area contributed by atoms with Crippen LogP contribution in [0.15, 0.2) is 47.2 Å². The topological polar surface area (TPSA) is 79.9 Å². The fourth-order valence-corrected chi connectivity index (χ4v) is 5.65. The van der Waals surface area contributed by atoms with E-state index in [1.54, 1.807) is 26.4 Å². The Morgan fingerprint density at radius 3 is 2.52 bits per heavy atom. The highest BCUT2D eigenvalue weighted by Gasteiger charge is 2.52. The number of hydrogen-bond acceptors (Lipinski definition) is 6. The number of thiophene rings is 1. The van der Waals surface area contributed by atoms with Crippen molar-refractivity contribution in [1.82, 2.24) is 15.5 Å². The van der Waals surface area contributed by atoms with Crippen molar-refractivity contribution in [3.63, 3.8) is 0 Å². The molecule has 1 aliphatic heterocycles. The van der Waals surface area contributed by atoms with Gasteiger partial charge >= 0.3 is 0 Å². The van der Waals surface area contributed by atoms with Crippen molar-refractivity contribution in [2.24, 2.45) is 0 Å². The number of ether oxygens (including phenoxy) is 2. The average molecular weight is 492 g/mol. The minimum Gasteiger partial charge on any atom is -0.379 e. The summed E-state index contributed by atoms with van der Waals surface area (Å²) in [4.78, 5) is 29.4. The third-order valence-electron chi connectivity index (χ3n) is 6.67. The van der Waals surface area contributed by atoms with E-state index in [4.69, 9.17) is 21.1 Å². The van der Waals surface area contributed by atoms with Crippen molar-refractivity contribution in [2.45, 2.75) is 43.4 Å². The fourth-order valence-electron chi connectivity index (χ4n) is 4.72. The van der Waals surface area contributed by atoms with Gasteiger partial charge in [-0.25, -0.2) is 0 Å². The molecule has 1 fully saturated rings. The summed E-state index contributed by atoms with van der Waals surface area (Å²) >= 11 is 7.19. The Morgan fingerprint density at radius 1 is 1.15 bits per heavy atom. The standard InChI is InChI=1S/C24H30ClN3O4S/c1-28-10-8-15-4-5-17(12-16(15)9-11-28)26-23(30)24(13-18(31-2)19(14-24)32-3)27-22(29)20-6-7-21(25)33-20/h4-7,9,18-19H,8,10-14H2,1-3H3,(H,26,30)(H,27,29). The molecule has 2 unspecified atom stereocenters. The van der Waals surface area contributed by atoms with Gasteiger partial charge in [-0.15, -0.1) is 11.3 Å². The van der Waals surface area contributed by atoms with Gasteiger partial charge in [0.25, 0.3) is 5.91 Å². The first kappa shape index (κ1) is 24.2. The second-order valence-corrected chi connectivity index (χ2v) is 10.6. The summed E-state index contributed by atoms with van der Waals surface area (Å²) in [7, 11) is 5.30. The van der Waals surface area contributed by atoms with Gasteiger partial charge in [0.2, 0.25) is 5.91 Å². The van der Waals surface area contributed by atoms with E-state index in [0.717, 1.165) is 25.2 Å². The van der Waals surface area contributed by atoms with Crippen molar-refractivity contribution in [2.75, 3.05) is 34.4 Å². The first-order valence-electron chi connectivity index (χ1n) is 11.1. The highest BCUT2D eigenvalue weighted by molar-refractivity contribution is 7.18. The summed E-state index contributed by atoms with van der Waals surface area (Å²) in [6.45, 7) is 1.91. The maximum atomic E-state index is 13.7. The number of halogens is 1. The molecule has 2 atom stereocenters. The number of carbonyl (C=O) groups excluding carboxylic acids is 2. The molecule has 2 heterocycles. The van der Waals surface area contributed by atoms with Crippen LogP contribution in [-0.2, 0) is 14.3 Å². The largest absolute Gasteiger partial charge is 0.379 e. The molecule has 33 heavy (non-hydrogen) atoms. The molecule has 4 rings (SSSR count). The Kier molecular flexibility index (Phi) is 7.40. The number of nitrogens with one attached hydrogen (secondary N) is 2. The number of nitrogens with zero attached hydrogens (tertiary/aromatic N) is 1. The van der Waals surface area contributed by atoms with Crippen LogP contribution in [0.5, 0.6) is 0 Å². The van der Waals surface area contributed by atoms with Crippen LogP contribution >= 0.6 is 22.9 Å². The molecule has 2 N–H and O–H groups in total. The lowest BCUT2D eigenvalue weighted by atomic mass is 9.92. The number of methoxy groups -OCH3 is 2. The van der Waals surface area contributed by atoms with Gasteiger partial charge in [-0.2, -0.15) is 0 Å². The molecule has 0 saturated heterocycles. The van der Waals surface area contributed by atoms with Crippen LogP contribution in [0.1, 0.15) is 35.4 Å². The molecule has 2 aliphatic carbocycles. The van der Waals surface area contributed by atoms with Crippen molar-refractivity contribution in [1.29, 1.82) is 0 Å². The summed E-state index contributed by atoms with van der Waals surface area (Å²) < 4.78 is 11.7. The smallest absolute Gasteiger partial charge is 0.262 e. The molecule has 1 saturated carbocycles. The lowest BCUT2D eigenvalue weighted by Crippen LogP contribution is -2.57. The minimum atomic E-state index is -1.15. The van der Waals surface area contributed by atoms with Crippen LogP contribution in [0.3, 0.4) is 0 Å². The van der Waals surface area contributed by atoms with Gasteiger partial charge in [0.15, 0.2) is 0 Å². The van der Waals surface area contributed by atoms with Gasteiger partial charge in [-0.05, 0) is 42.8 Å². The predicted molar refractivity (Wildman–Crippen MR) is 129 cm³/mol. The predicted octanol–water partition coefficient (Wildman–Crippen LogP) is 3.29. The summed E-state index contributed by atoms with van der Waals surface area (Å²) in [6.07, 6.45) is 7.98. The van der Waals surface area contributed by atoms with Gasteiger partial charge in [-0.3, -0.25) is 9.59 Å². The van der Waals surface area contributed by atoms with Crippen molar-refractivity contribution < 1.29 is 19.1 Å². The summed E-state index contributed by atoms with van der Waals surface area (Å²) in [5.41, 5.74) is 2.23. The van der Waals surface area contributed by atoms with Crippen molar-refractivity contribution >= 4 is 34.8 Å². The van der Waals surface area contributed by atoms with Crippen LogP contribution in [0.25, 0.3) is 0 Å². The molecule has 9 heteroatoms. The van der Waals surface area contributed by atoms with E-state index in [2.05, 4.69) is 34.7 Å². The Labute approximate surface area is 203 Å². The molecule has 1 aromatic rings. The zero-order valence-electron chi connectivity index (χ0n) is 19.2. The zero-order valence-corrected chi connectivity index (χ0v) is 20.7. The zero-order chi connectivity index (χ0) is 23.6. The second-order valence-electron chi connectivity index (χ2n) is 8.85. The summed E-state index contributed by atoms with van der Waals surface area (Å²) in [5, 5.41) is 6.08. The Balaban J connectivity index is 1.56. The van der Waals surface area contributed by atoms with E-state index in [0.29, 0.717) is 28.5 Å². The van der Waals surface area contributed by atoms with Crippen LogP contribution in [0, 0.1) is 0 Å². The van der Waals surface area contributed by atoms with Gasteiger partial charge in [0, 0.05) is 52.3 Å². The highest BCUT2D eigenvalue weighted by atomic mass is 35.5. The first-order valence-corrected chi connectivity index (χ1v) is 12.3. The molecule has 3 aliphatic rings. The maximum Gasteiger partial charge on any atom is 0.262 e. The van der Waals surface area contributed by atoms with Crippen LogP contribution in [0.2, 0.25) is 4.34 Å². The summed E-state index contributed by atoms with van der Waals surface area (Å²) in [5.74, 6) is -0.586. The van der Waals surface area contributed by atoms with E-state index in [1.807, 2.05) is 6.08 Å². The van der Waals surface area contributed by atoms with Gasteiger partial charge in [0.05, 0.1) is 21.4 Å². The molecule has 0 bridgehead atoms. The lowest BCUT2D eigenvalue weighted by molar-refractivity contribution is -0.127. The third-order valence-corrected chi connectivity index (χ3v) is 7.90. The first-order chi connectivity index (χ1) is 15.8. The van der Waals surface area contributed by atoms with Gasteiger partial charge < -0.3 is 25.0 Å². The maximum absolute atomic E-state index is 13.7. The minimum absolute atomic E-state index is 0.255. The molecular weight excluding hydrogens is 462 g/mol. The lowest BCUT2D eigenvalue weighted by Gasteiger charge is -2.30. The number of fused-ring (bicyclic) bond motifs is 1. The quantitative estimate of drug-likeness (QED) is 0.638. The van der Waals surface area contributed by atoms with Crippen LogP contribution < -0.4 is 10.6 Å². The fraction of sp³-hybridized carbons (Fsp3) is 0.500. The number of rotatable bonds is 6. The number of hydrogen-bond donors (Lipinski definition) is 2. The Bertz CT molecular complexity index is 1000. The van der Waals surface area contributed by atoms with Crippen LogP contribution in [0.4, 0.5) is 0 Å². The Morgan fingerprint density at radius 2 is 1.88 bits per heavy atom. The molecule has 2 amide bonds. The van der Waals surface area contributed by atoms with E-state index in [-0.39, 0.29) is 24.0 Å². The molecule has 178 valence electrons. The highest BCUT2D eigenvalue weighted by Crippen LogP contribution is 2.36. The molecule has 7 nitrogen and oxygen atoms in total. The van der Waals surface area contributed by atoms with Crippen molar-refractivity contribution in [3.8, 4) is 0 Å². The monoisotopic (exact) mass is 491 g/mol. The van der Waals surface area contributed by atoms with Crippen LogP contribution in [-0.4, -0.2) is 68.8 Å². The number of likely N-dealkylation sites (N-methyl/N-ethyl adjacent to an activating group) is 1. The number of allylic oxidation sites excluding steroid dienone is 3. The molecule has 1 aromatic heterocycles. The van der Waals surface area contributed by atoms with Gasteiger partial charge in [-0.1, -0.05) is 23.8 Å². The van der Waals surface area contributed by atoms with E-state index >= 15 is 0 Å². The molecule has 0 aromatic carbocycles. The third kappa shape index (κ3) is 5.25. The van der Waals surface area contributed by atoms with E-state index in [9.17, 15) is 9.59 Å². The summed E-state index contributed by atoms with van der Waals surface area (Å²) in [6, 6.07) is 3.34. The Hall–Kier alpha value is -1.97. The normalized spacial score (nSPS) is 27.7. The number of amides is 2. The van der Waals surface area contributed by atoms with E-state index in [1.165, 1.54) is 22.5 Å². The molecule has 0 spiro atoms. The SMILES string of the molecule is COC1CC(NC(=O)c2ccc(Cl)s2)(C(=O)NC2=CC=C3CCN(C)CC=C3C2)CC1OC. The number of carbonyl (C=O) groups is 2. The average Bonchev–Trinajstić information content (AvgIpc) is 3.35. The van der Waals surface area contributed by atoms with Gasteiger partial charge in [0.1, 0.15) is 5.54 Å². The second kappa shape index (κ2) is 10.1.